The van der Waals surface area contributed by atoms with Crippen LogP contribution in [0.3, 0.4) is 0 Å². The first-order chi connectivity index (χ1) is 8.60. The van der Waals surface area contributed by atoms with Crippen molar-refractivity contribution in [3.8, 4) is 5.75 Å². The van der Waals surface area contributed by atoms with Gasteiger partial charge in [0.1, 0.15) is 5.75 Å². The van der Waals surface area contributed by atoms with E-state index in [1.165, 1.54) is 0 Å². The molecule has 0 bridgehead atoms. The zero-order valence-corrected chi connectivity index (χ0v) is 10.9. The third kappa shape index (κ3) is 2.73. The van der Waals surface area contributed by atoms with Gasteiger partial charge in [0.2, 0.25) is 0 Å². The number of fused-ring (bicyclic) bond motifs is 1. The third-order valence-electron chi connectivity index (χ3n) is 2.54. The van der Waals surface area contributed by atoms with Gasteiger partial charge in [-0.05, 0) is 36.8 Å². The van der Waals surface area contributed by atoms with Gasteiger partial charge in [0.25, 0.3) is 0 Å². The molecule has 94 valence electrons. The Morgan fingerprint density at radius 3 is 2.89 bits per heavy atom. The van der Waals surface area contributed by atoms with Crippen LogP contribution in [0.15, 0.2) is 29.3 Å². The predicted molar refractivity (Wildman–Crippen MR) is 68.8 cm³/mol. The summed E-state index contributed by atoms with van der Waals surface area (Å²) in [6.45, 7) is 1.96. The Labute approximate surface area is 109 Å². The van der Waals surface area contributed by atoms with Gasteiger partial charge in [0, 0.05) is 11.1 Å². The lowest BCUT2D eigenvalue weighted by molar-refractivity contribution is -0.301. The first-order valence-corrected chi connectivity index (χ1v) is 6.37. The van der Waals surface area contributed by atoms with Gasteiger partial charge in [-0.2, -0.15) is 0 Å². The second-order valence-electron chi connectivity index (χ2n) is 3.82. The molecule has 1 aromatic heterocycles. The molecule has 18 heavy (non-hydrogen) atoms. The van der Waals surface area contributed by atoms with E-state index in [9.17, 15) is 9.90 Å². The van der Waals surface area contributed by atoms with E-state index < -0.39 is 5.97 Å². The molecule has 0 atom stereocenters. The first kappa shape index (κ1) is 12.7. The van der Waals surface area contributed by atoms with Crippen LogP contribution in [0.5, 0.6) is 5.75 Å². The predicted octanol–water partition coefficient (Wildman–Crippen LogP) is 1.39. The van der Waals surface area contributed by atoms with Gasteiger partial charge in [0.05, 0.1) is 23.6 Å². The number of carboxylic acid groups (broad SMARTS) is 1. The number of rotatable bonds is 4. The number of hydrogen-bond acceptors (Lipinski definition) is 5. The molecule has 0 aliphatic rings. The Balaban J connectivity index is 2.40. The van der Waals surface area contributed by atoms with Gasteiger partial charge in [-0.25, -0.2) is 4.98 Å². The normalized spacial score (nSPS) is 10.6. The number of pyridine rings is 1. The molecular formula is C13H12NO3S-. The van der Waals surface area contributed by atoms with Crippen LogP contribution >= 0.6 is 11.8 Å². The lowest BCUT2D eigenvalue weighted by Crippen LogP contribution is -2.24. The maximum absolute atomic E-state index is 10.4. The van der Waals surface area contributed by atoms with Gasteiger partial charge in [0.15, 0.2) is 0 Å². The monoisotopic (exact) mass is 262 g/mol. The zero-order chi connectivity index (χ0) is 13.1. The van der Waals surface area contributed by atoms with Crippen LogP contribution < -0.4 is 9.84 Å². The van der Waals surface area contributed by atoms with Crippen molar-refractivity contribution < 1.29 is 14.6 Å². The first-order valence-electron chi connectivity index (χ1n) is 5.38. The summed E-state index contributed by atoms with van der Waals surface area (Å²) in [6.07, 6.45) is 0. The number of aliphatic carboxylic acids is 1. The minimum Gasteiger partial charge on any atom is -0.549 e. The highest BCUT2D eigenvalue weighted by Crippen LogP contribution is 2.26. The van der Waals surface area contributed by atoms with Crippen LogP contribution in [0.25, 0.3) is 10.9 Å². The van der Waals surface area contributed by atoms with Crippen LogP contribution in [0.1, 0.15) is 5.56 Å². The number of aromatic nitrogens is 1. The number of benzene rings is 1. The molecule has 0 radical (unpaired) electrons. The summed E-state index contributed by atoms with van der Waals surface area (Å²) < 4.78 is 5.17. The number of hydrogen-bond donors (Lipinski definition) is 0. The fourth-order valence-corrected chi connectivity index (χ4v) is 2.36. The lowest BCUT2D eigenvalue weighted by atomic mass is 10.1. The van der Waals surface area contributed by atoms with Crippen molar-refractivity contribution in [2.24, 2.45) is 0 Å². The Hall–Kier alpha value is -1.75. The summed E-state index contributed by atoms with van der Waals surface area (Å²) in [5.74, 6) is -0.398. The average Bonchev–Trinajstić information content (AvgIpc) is 2.36. The topological polar surface area (TPSA) is 62.2 Å². The Bertz CT molecular complexity index is 598. The van der Waals surface area contributed by atoms with E-state index in [0.717, 1.165) is 34.0 Å². The molecule has 0 spiro atoms. The van der Waals surface area contributed by atoms with Crippen LogP contribution in [-0.4, -0.2) is 23.8 Å². The van der Waals surface area contributed by atoms with E-state index >= 15 is 0 Å². The number of thioether (sulfide) groups is 1. The molecule has 0 aliphatic heterocycles. The molecule has 0 saturated heterocycles. The molecule has 5 heteroatoms. The van der Waals surface area contributed by atoms with Crippen molar-refractivity contribution in [1.82, 2.24) is 4.98 Å². The minimum atomic E-state index is -1.09. The molecule has 2 aromatic rings. The maximum atomic E-state index is 10.4. The van der Waals surface area contributed by atoms with Crippen LogP contribution in [-0.2, 0) is 4.79 Å². The molecule has 0 N–H and O–H groups in total. The summed E-state index contributed by atoms with van der Waals surface area (Å²) in [4.78, 5) is 14.8. The Morgan fingerprint density at radius 2 is 2.22 bits per heavy atom. The van der Waals surface area contributed by atoms with Crippen molar-refractivity contribution >= 4 is 28.6 Å². The molecule has 0 fully saturated rings. The van der Waals surface area contributed by atoms with E-state index in [2.05, 4.69) is 4.98 Å². The smallest absolute Gasteiger partial charge is 0.119 e. The quantitative estimate of drug-likeness (QED) is 0.779. The summed E-state index contributed by atoms with van der Waals surface area (Å²) in [5, 5.41) is 12.1. The molecule has 0 saturated carbocycles. The number of carbonyl (C=O) groups is 1. The molecule has 0 amide bonds. The highest BCUT2D eigenvalue weighted by molar-refractivity contribution is 7.99. The summed E-state index contributed by atoms with van der Waals surface area (Å²) in [6, 6.07) is 7.49. The van der Waals surface area contributed by atoms with Crippen molar-refractivity contribution in [2.45, 2.75) is 11.9 Å². The number of aryl methyl sites for hydroxylation is 1. The molecule has 1 aromatic carbocycles. The zero-order valence-electron chi connectivity index (χ0n) is 10.1. The van der Waals surface area contributed by atoms with Gasteiger partial charge in [-0.1, -0.05) is 0 Å². The number of nitrogens with zero attached hydrogens (tertiary/aromatic N) is 1. The minimum absolute atomic E-state index is 0.0892. The van der Waals surface area contributed by atoms with Crippen LogP contribution in [0.4, 0.5) is 0 Å². The average molecular weight is 262 g/mol. The van der Waals surface area contributed by atoms with Crippen LogP contribution in [0.2, 0.25) is 0 Å². The fourth-order valence-electron chi connectivity index (χ4n) is 1.68. The molecule has 4 nitrogen and oxygen atoms in total. The largest absolute Gasteiger partial charge is 0.549 e. The van der Waals surface area contributed by atoms with E-state index in [1.54, 1.807) is 7.11 Å². The molecule has 1 heterocycles. The van der Waals surface area contributed by atoms with Gasteiger partial charge < -0.3 is 14.6 Å². The maximum Gasteiger partial charge on any atom is 0.119 e. The highest BCUT2D eigenvalue weighted by atomic mass is 32.2. The fraction of sp³-hybridized carbons (Fsp3) is 0.231. The summed E-state index contributed by atoms with van der Waals surface area (Å²) in [5.41, 5.74) is 1.87. The van der Waals surface area contributed by atoms with Gasteiger partial charge in [-0.3, -0.25) is 0 Å². The summed E-state index contributed by atoms with van der Waals surface area (Å²) >= 11 is 1.16. The Morgan fingerprint density at radius 1 is 1.44 bits per heavy atom. The van der Waals surface area contributed by atoms with E-state index in [4.69, 9.17) is 4.74 Å². The second kappa shape index (κ2) is 5.27. The number of ether oxygens (including phenoxy) is 1. The number of carbonyl (C=O) groups excluding carboxylic acids is 1. The van der Waals surface area contributed by atoms with Crippen LogP contribution in [0, 0.1) is 6.92 Å². The lowest BCUT2D eigenvalue weighted by Gasteiger charge is -2.08. The van der Waals surface area contributed by atoms with Crippen molar-refractivity contribution in [1.29, 1.82) is 0 Å². The van der Waals surface area contributed by atoms with Crippen molar-refractivity contribution in [3.05, 3.63) is 29.8 Å². The molecule has 2 rings (SSSR count). The van der Waals surface area contributed by atoms with E-state index in [0.29, 0.717) is 5.03 Å². The molecular weight excluding hydrogens is 250 g/mol. The molecule has 0 unspecified atom stereocenters. The van der Waals surface area contributed by atoms with E-state index in [1.807, 2.05) is 31.2 Å². The van der Waals surface area contributed by atoms with Gasteiger partial charge in [-0.15, -0.1) is 11.8 Å². The standard InChI is InChI=1S/C13H13NO3S/c1-8-5-12(18-7-13(15)16)14-11-4-3-9(17-2)6-10(8)11/h3-6H,7H2,1-2H3,(H,15,16)/p-1. The van der Waals surface area contributed by atoms with Crippen molar-refractivity contribution in [2.75, 3.05) is 12.9 Å². The number of methoxy groups -OCH3 is 1. The third-order valence-corrected chi connectivity index (χ3v) is 3.42. The molecule has 0 aliphatic carbocycles. The summed E-state index contributed by atoms with van der Waals surface area (Å²) in [7, 11) is 1.62. The number of carboxylic acids is 1. The van der Waals surface area contributed by atoms with E-state index in [-0.39, 0.29) is 5.75 Å². The highest BCUT2D eigenvalue weighted by Gasteiger charge is 2.05. The Kier molecular flexibility index (Phi) is 3.72. The van der Waals surface area contributed by atoms with Crippen molar-refractivity contribution in [3.63, 3.8) is 0 Å². The second-order valence-corrected chi connectivity index (χ2v) is 4.82. The SMILES string of the molecule is COc1ccc2nc(SCC(=O)[O-])cc(C)c2c1. The van der Waals surface area contributed by atoms with Gasteiger partial charge >= 0.3 is 0 Å².